The van der Waals surface area contributed by atoms with Gasteiger partial charge >= 0.3 is 0 Å². The van der Waals surface area contributed by atoms with Crippen LogP contribution >= 0.6 is 11.3 Å². The molecule has 3 heterocycles. The maximum absolute atomic E-state index is 6.64. The number of hydrogen-bond acceptors (Lipinski definition) is 2. The summed E-state index contributed by atoms with van der Waals surface area (Å²) in [6.45, 7) is 4.67. The Morgan fingerprint density at radius 2 is 1.55 bits per heavy atom. The largest absolute Gasteiger partial charge is 0.458 e. The molecule has 3 heteroatoms. The first-order valence-corrected chi connectivity index (χ1v) is 12.0. The van der Waals surface area contributed by atoms with Gasteiger partial charge in [-0.25, -0.2) is 0 Å². The zero-order valence-corrected chi connectivity index (χ0v) is 18.5. The van der Waals surface area contributed by atoms with Crippen LogP contribution in [-0.2, 0) is 0 Å². The summed E-state index contributed by atoms with van der Waals surface area (Å²) in [5.41, 5.74) is 6.25. The van der Waals surface area contributed by atoms with Crippen LogP contribution in [0.5, 0.6) is 0 Å². The first-order valence-electron chi connectivity index (χ1n) is 11.2. The standard InChI is InChI=1S/C28H23NOS/c1-16-14-15-17(2)26-24(16)25-27(30-26)20-9-3-5-11-21(20)29(25)22-12-7-10-19-18-8-4-6-13-23(18)31-28(19)22/h3-13,16-17H,14-15H2,1-2H3. The molecule has 0 radical (unpaired) electrons. The van der Waals surface area contributed by atoms with Gasteiger partial charge in [-0.2, -0.15) is 0 Å². The van der Waals surface area contributed by atoms with Crippen molar-refractivity contribution in [3.8, 4) is 5.69 Å². The van der Waals surface area contributed by atoms with E-state index in [4.69, 9.17) is 4.42 Å². The Morgan fingerprint density at radius 1 is 0.806 bits per heavy atom. The topological polar surface area (TPSA) is 18.1 Å². The smallest absolute Gasteiger partial charge is 0.160 e. The monoisotopic (exact) mass is 421 g/mol. The Kier molecular flexibility index (Phi) is 3.55. The van der Waals surface area contributed by atoms with Crippen molar-refractivity contribution in [2.45, 2.75) is 38.5 Å². The summed E-state index contributed by atoms with van der Waals surface area (Å²) in [5, 5.41) is 3.89. The Morgan fingerprint density at radius 3 is 2.45 bits per heavy atom. The summed E-state index contributed by atoms with van der Waals surface area (Å²) in [6, 6.07) is 24.2. The molecule has 0 saturated carbocycles. The SMILES string of the molecule is CC1CCC(C)c2c1oc1c3ccccc3n(-c3cccc4c3sc3ccccc34)c21. The van der Waals surface area contributed by atoms with Gasteiger partial charge in [0.1, 0.15) is 5.76 Å². The third-order valence-corrected chi connectivity index (χ3v) is 8.37. The highest BCUT2D eigenvalue weighted by molar-refractivity contribution is 7.26. The minimum atomic E-state index is 0.478. The molecule has 152 valence electrons. The summed E-state index contributed by atoms with van der Waals surface area (Å²) >= 11 is 1.89. The van der Waals surface area contributed by atoms with Gasteiger partial charge in [-0.3, -0.25) is 0 Å². The molecule has 0 N–H and O–H groups in total. The molecule has 2 atom stereocenters. The average Bonchev–Trinajstić information content (AvgIpc) is 3.46. The molecule has 0 spiro atoms. The van der Waals surface area contributed by atoms with Crippen molar-refractivity contribution in [2.24, 2.45) is 0 Å². The van der Waals surface area contributed by atoms with E-state index in [9.17, 15) is 0 Å². The second kappa shape index (κ2) is 6.24. The number of aromatic nitrogens is 1. The van der Waals surface area contributed by atoms with Crippen molar-refractivity contribution in [3.05, 3.63) is 78.1 Å². The minimum Gasteiger partial charge on any atom is -0.458 e. The van der Waals surface area contributed by atoms with Crippen LogP contribution in [0.1, 0.15) is 49.8 Å². The van der Waals surface area contributed by atoms with Gasteiger partial charge in [0.05, 0.1) is 21.4 Å². The molecule has 0 saturated heterocycles. The molecule has 3 aromatic heterocycles. The highest BCUT2D eigenvalue weighted by atomic mass is 32.1. The van der Waals surface area contributed by atoms with E-state index in [1.807, 2.05) is 11.3 Å². The van der Waals surface area contributed by atoms with Gasteiger partial charge in [-0.1, -0.05) is 56.3 Å². The Hall–Kier alpha value is -3.04. The number of benzene rings is 3. The fourth-order valence-electron chi connectivity index (χ4n) is 5.61. The van der Waals surface area contributed by atoms with E-state index in [1.54, 1.807) is 0 Å². The Bertz CT molecular complexity index is 1630. The normalized spacial score (nSPS) is 19.0. The van der Waals surface area contributed by atoms with Crippen LogP contribution in [0.25, 0.3) is 47.9 Å². The van der Waals surface area contributed by atoms with Gasteiger partial charge in [0.25, 0.3) is 0 Å². The van der Waals surface area contributed by atoms with Crippen molar-refractivity contribution in [2.75, 3.05) is 0 Å². The van der Waals surface area contributed by atoms with Crippen LogP contribution in [0, 0.1) is 0 Å². The lowest BCUT2D eigenvalue weighted by Crippen LogP contribution is -2.09. The summed E-state index contributed by atoms with van der Waals surface area (Å²) in [4.78, 5) is 0. The summed E-state index contributed by atoms with van der Waals surface area (Å²) in [7, 11) is 0. The first kappa shape index (κ1) is 17.6. The van der Waals surface area contributed by atoms with E-state index in [2.05, 4.69) is 85.1 Å². The summed E-state index contributed by atoms with van der Waals surface area (Å²) in [6.07, 6.45) is 2.42. The maximum atomic E-state index is 6.64. The highest BCUT2D eigenvalue weighted by Gasteiger charge is 2.32. The van der Waals surface area contributed by atoms with E-state index in [1.165, 1.54) is 66.4 Å². The van der Waals surface area contributed by atoms with Crippen molar-refractivity contribution >= 4 is 53.5 Å². The van der Waals surface area contributed by atoms with Crippen LogP contribution in [0.4, 0.5) is 0 Å². The van der Waals surface area contributed by atoms with Gasteiger partial charge in [0, 0.05) is 32.3 Å². The lowest BCUT2D eigenvalue weighted by atomic mass is 9.82. The van der Waals surface area contributed by atoms with Gasteiger partial charge in [0.2, 0.25) is 0 Å². The van der Waals surface area contributed by atoms with E-state index in [0.717, 1.165) is 5.58 Å². The number of furan rings is 1. The molecular weight excluding hydrogens is 398 g/mol. The second-order valence-corrected chi connectivity index (χ2v) is 10.1. The van der Waals surface area contributed by atoms with Gasteiger partial charge in [0.15, 0.2) is 5.58 Å². The number of fused-ring (bicyclic) bond motifs is 8. The number of rotatable bonds is 1. The second-order valence-electron chi connectivity index (χ2n) is 9.04. The molecule has 1 aliphatic carbocycles. The molecule has 0 aliphatic heterocycles. The van der Waals surface area contributed by atoms with Crippen LogP contribution in [0.3, 0.4) is 0 Å². The van der Waals surface area contributed by atoms with Crippen molar-refractivity contribution < 1.29 is 4.42 Å². The maximum Gasteiger partial charge on any atom is 0.160 e. The fraction of sp³-hybridized carbons (Fsp3) is 0.214. The predicted octanol–water partition coefficient (Wildman–Crippen LogP) is 8.75. The molecule has 0 bridgehead atoms. The molecule has 1 aliphatic rings. The molecule has 2 nitrogen and oxygen atoms in total. The molecular formula is C28H23NOS. The molecule has 2 unspecified atom stereocenters. The van der Waals surface area contributed by atoms with Crippen LogP contribution in [0.15, 0.2) is 71.1 Å². The van der Waals surface area contributed by atoms with Crippen LogP contribution in [-0.4, -0.2) is 4.57 Å². The quantitative estimate of drug-likeness (QED) is 0.259. The number of para-hydroxylation sites is 1. The number of thiophene rings is 1. The third-order valence-electron chi connectivity index (χ3n) is 7.16. The molecule has 3 aromatic carbocycles. The molecule has 6 aromatic rings. The summed E-state index contributed by atoms with van der Waals surface area (Å²) < 4.78 is 11.8. The zero-order valence-electron chi connectivity index (χ0n) is 17.7. The van der Waals surface area contributed by atoms with Gasteiger partial charge in [-0.05, 0) is 43.0 Å². The lowest BCUT2D eigenvalue weighted by molar-refractivity contribution is 0.429. The van der Waals surface area contributed by atoms with E-state index < -0.39 is 0 Å². The fourth-order valence-corrected chi connectivity index (χ4v) is 6.82. The van der Waals surface area contributed by atoms with Crippen molar-refractivity contribution in [1.82, 2.24) is 4.57 Å². The molecule has 0 fully saturated rings. The molecule has 31 heavy (non-hydrogen) atoms. The number of hydrogen-bond donors (Lipinski definition) is 0. The van der Waals surface area contributed by atoms with Crippen LogP contribution < -0.4 is 0 Å². The first-order chi connectivity index (χ1) is 15.2. The summed E-state index contributed by atoms with van der Waals surface area (Å²) in [5.74, 6) is 2.19. The Balaban J connectivity index is 1.68. The van der Waals surface area contributed by atoms with Crippen LogP contribution in [0.2, 0.25) is 0 Å². The van der Waals surface area contributed by atoms with E-state index >= 15 is 0 Å². The van der Waals surface area contributed by atoms with Crippen molar-refractivity contribution in [1.29, 1.82) is 0 Å². The van der Waals surface area contributed by atoms with E-state index in [-0.39, 0.29) is 0 Å². The lowest BCUT2D eigenvalue weighted by Gasteiger charge is -2.23. The predicted molar refractivity (Wildman–Crippen MR) is 132 cm³/mol. The third kappa shape index (κ3) is 2.27. The average molecular weight is 422 g/mol. The molecule has 7 rings (SSSR count). The van der Waals surface area contributed by atoms with Gasteiger partial charge < -0.3 is 8.98 Å². The van der Waals surface area contributed by atoms with E-state index in [0.29, 0.717) is 11.8 Å². The number of nitrogens with zero attached hydrogens (tertiary/aromatic N) is 1. The van der Waals surface area contributed by atoms with Gasteiger partial charge in [-0.15, -0.1) is 11.3 Å². The molecule has 0 amide bonds. The van der Waals surface area contributed by atoms with Crippen molar-refractivity contribution in [3.63, 3.8) is 0 Å². The zero-order chi connectivity index (χ0) is 20.7. The highest BCUT2D eigenvalue weighted by Crippen LogP contribution is 2.48. The minimum absolute atomic E-state index is 0.478. The Labute approximate surface area is 184 Å².